The average Bonchev–Trinajstić information content (AvgIpc) is 2.70. The minimum atomic E-state index is -1.51. The van der Waals surface area contributed by atoms with Gasteiger partial charge in [0, 0.05) is 6.42 Å². The van der Waals surface area contributed by atoms with E-state index in [2.05, 4.69) is 16.0 Å². The van der Waals surface area contributed by atoms with Gasteiger partial charge in [0.15, 0.2) is 0 Å². The second-order valence-electron chi connectivity index (χ2n) is 7.83. The van der Waals surface area contributed by atoms with Gasteiger partial charge in [-0.2, -0.15) is 0 Å². The molecule has 0 aromatic heterocycles. The Bertz CT molecular complexity index is 814. The zero-order valence-corrected chi connectivity index (χ0v) is 18.2. The molecule has 8 N–H and O–H groups in total. The summed E-state index contributed by atoms with van der Waals surface area (Å²) in [6.07, 6.45) is 0.00760. The zero-order chi connectivity index (χ0) is 24.3. The van der Waals surface area contributed by atoms with Gasteiger partial charge in [-0.25, -0.2) is 4.79 Å². The lowest BCUT2D eigenvalue weighted by molar-refractivity contribution is -0.143. The van der Waals surface area contributed by atoms with E-state index in [-0.39, 0.29) is 12.3 Å². The standard InChI is InChI=1S/C21H31N5O6/c1-12(2)8-14(22)19(29)26-15(9-13-6-4-3-5-7-13)20(30)24-11-18(28)25-16(21(31)32)10-17(23)27/h3-7,12,14-16H,8-11,22H2,1-2H3,(H2,23,27)(H,24,30)(H,25,28)(H,26,29)(H,31,32). The molecule has 1 rings (SSSR count). The highest BCUT2D eigenvalue weighted by Crippen LogP contribution is 2.06. The van der Waals surface area contributed by atoms with Crippen molar-refractivity contribution in [3.05, 3.63) is 35.9 Å². The molecule has 3 atom stereocenters. The van der Waals surface area contributed by atoms with Gasteiger partial charge in [-0.05, 0) is 17.9 Å². The molecule has 1 aromatic carbocycles. The Kier molecular flexibility index (Phi) is 10.8. The highest BCUT2D eigenvalue weighted by atomic mass is 16.4. The first-order chi connectivity index (χ1) is 15.0. The molecule has 0 saturated heterocycles. The van der Waals surface area contributed by atoms with Crippen LogP contribution in [-0.2, 0) is 30.4 Å². The van der Waals surface area contributed by atoms with Crippen LogP contribution in [0.5, 0.6) is 0 Å². The fraction of sp³-hybridized carbons (Fsp3) is 0.476. The van der Waals surface area contributed by atoms with Gasteiger partial charge in [-0.15, -0.1) is 0 Å². The van der Waals surface area contributed by atoms with Gasteiger partial charge in [0.1, 0.15) is 12.1 Å². The van der Waals surface area contributed by atoms with Crippen LogP contribution in [0.15, 0.2) is 30.3 Å². The quantitative estimate of drug-likeness (QED) is 0.214. The number of nitrogens with two attached hydrogens (primary N) is 2. The second kappa shape index (κ2) is 13.1. The topological polar surface area (TPSA) is 194 Å². The smallest absolute Gasteiger partial charge is 0.326 e. The summed E-state index contributed by atoms with van der Waals surface area (Å²) in [5.74, 6) is -4.11. The molecule has 0 fully saturated rings. The van der Waals surface area contributed by atoms with Crippen molar-refractivity contribution >= 4 is 29.6 Å². The molecule has 3 unspecified atom stereocenters. The second-order valence-corrected chi connectivity index (χ2v) is 7.83. The van der Waals surface area contributed by atoms with Crippen molar-refractivity contribution in [1.82, 2.24) is 16.0 Å². The summed E-state index contributed by atoms with van der Waals surface area (Å²) in [6.45, 7) is 3.28. The van der Waals surface area contributed by atoms with Gasteiger partial charge in [0.25, 0.3) is 0 Å². The predicted octanol–water partition coefficient (Wildman–Crippen LogP) is -1.35. The average molecular weight is 450 g/mol. The minimum Gasteiger partial charge on any atom is -0.480 e. The van der Waals surface area contributed by atoms with E-state index in [1.54, 1.807) is 24.3 Å². The van der Waals surface area contributed by atoms with Crippen LogP contribution < -0.4 is 27.4 Å². The summed E-state index contributed by atoms with van der Waals surface area (Å²) in [5.41, 5.74) is 11.7. The number of amides is 4. The maximum atomic E-state index is 12.7. The molecular weight excluding hydrogens is 418 g/mol. The molecule has 0 aliphatic rings. The molecule has 0 aliphatic heterocycles. The first kappa shape index (κ1) is 26.6. The lowest BCUT2D eigenvalue weighted by atomic mass is 10.0. The van der Waals surface area contributed by atoms with Crippen molar-refractivity contribution in [3.8, 4) is 0 Å². The van der Waals surface area contributed by atoms with Gasteiger partial charge in [0.2, 0.25) is 23.6 Å². The van der Waals surface area contributed by atoms with Crippen LogP contribution in [0.1, 0.15) is 32.3 Å². The highest BCUT2D eigenvalue weighted by molar-refractivity contribution is 5.93. The van der Waals surface area contributed by atoms with Crippen LogP contribution in [0.3, 0.4) is 0 Å². The van der Waals surface area contributed by atoms with Crippen molar-refractivity contribution in [1.29, 1.82) is 0 Å². The number of carboxylic acids is 1. The van der Waals surface area contributed by atoms with Crippen LogP contribution in [0.2, 0.25) is 0 Å². The normalized spacial score (nSPS) is 13.5. The van der Waals surface area contributed by atoms with E-state index >= 15 is 0 Å². The van der Waals surface area contributed by atoms with Crippen molar-refractivity contribution in [2.24, 2.45) is 17.4 Å². The molecule has 0 aliphatic carbocycles. The summed E-state index contributed by atoms with van der Waals surface area (Å²) in [5, 5.41) is 16.1. The molecule has 4 amide bonds. The lowest BCUT2D eigenvalue weighted by Gasteiger charge is -2.22. The zero-order valence-electron chi connectivity index (χ0n) is 18.2. The van der Waals surface area contributed by atoms with Gasteiger partial charge < -0.3 is 32.5 Å². The fourth-order valence-electron chi connectivity index (χ4n) is 2.89. The van der Waals surface area contributed by atoms with Crippen molar-refractivity contribution in [2.45, 2.75) is 51.2 Å². The molecule has 176 valence electrons. The van der Waals surface area contributed by atoms with Crippen LogP contribution >= 0.6 is 0 Å². The molecule has 0 bridgehead atoms. The Balaban J connectivity index is 2.79. The van der Waals surface area contributed by atoms with E-state index in [9.17, 15) is 24.0 Å². The SMILES string of the molecule is CC(C)CC(N)C(=O)NC(Cc1ccccc1)C(=O)NCC(=O)NC(CC(N)=O)C(=O)O. The Morgan fingerprint density at radius 3 is 2.12 bits per heavy atom. The number of hydrogen-bond donors (Lipinski definition) is 6. The van der Waals surface area contributed by atoms with E-state index in [4.69, 9.17) is 16.6 Å². The molecular formula is C21H31N5O6. The molecule has 1 aromatic rings. The van der Waals surface area contributed by atoms with E-state index in [1.807, 2.05) is 19.9 Å². The Labute approximate surface area is 186 Å². The Hall–Kier alpha value is -3.47. The van der Waals surface area contributed by atoms with Crippen LogP contribution in [0.4, 0.5) is 0 Å². The van der Waals surface area contributed by atoms with E-state index in [1.165, 1.54) is 0 Å². The minimum absolute atomic E-state index is 0.161. The predicted molar refractivity (Wildman–Crippen MR) is 116 cm³/mol. The molecule has 32 heavy (non-hydrogen) atoms. The molecule has 11 nitrogen and oxygen atoms in total. The van der Waals surface area contributed by atoms with Crippen molar-refractivity contribution in [3.63, 3.8) is 0 Å². The van der Waals surface area contributed by atoms with Crippen molar-refractivity contribution < 1.29 is 29.1 Å². The number of carboxylic acid groups (broad SMARTS) is 1. The number of aliphatic carboxylic acids is 1. The van der Waals surface area contributed by atoms with Gasteiger partial charge in [-0.3, -0.25) is 19.2 Å². The Morgan fingerprint density at radius 1 is 0.969 bits per heavy atom. The maximum Gasteiger partial charge on any atom is 0.326 e. The summed E-state index contributed by atoms with van der Waals surface area (Å²) >= 11 is 0. The number of rotatable bonds is 13. The largest absolute Gasteiger partial charge is 0.480 e. The first-order valence-electron chi connectivity index (χ1n) is 10.2. The summed E-state index contributed by atoms with van der Waals surface area (Å²) in [6, 6.07) is 5.65. The lowest BCUT2D eigenvalue weighted by Crippen LogP contribution is -2.54. The monoisotopic (exact) mass is 449 g/mol. The molecule has 0 saturated carbocycles. The van der Waals surface area contributed by atoms with Gasteiger partial charge >= 0.3 is 5.97 Å². The number of hydrogen-bond acceptors (Lipinski definition) is 6. The van der Waals surface area contributed by atoms with Gasteiger partial charge in [-0.1, -0.05) is 44.2 Å². The number of carbonyl (C=O) groups excluding carboxylic acids is 4. The van der Waals surface area contributed by atoms with Crippen LogP contribution in [0.25, 0.3) is 0 Å². The van der Waals surface area contributed by atoms with Crippen molar-refractivity contribution in [2.75, 3.05) is 6.54 Å². The maximum absolute atomic E-state index is 12.7. The molecule has 0 spiro atoms. The summed E-state index contributed by atoms with van der Waals surface area (Å²) < 4.78 is 0. The van der Waals surface area contributed by atoms with E-state index < -0.39 is 60.7 Å². The number of nitrogens with one attached hydrogen (secondary N) is 3. The summed E-state index contributed by atoms with van der Waals surface area (Å²) in [7, 11) is 0. The number of benzene rings is 1. The summed E-state index contributed by atoms with van der Waals surface area (Å²) in [4.78, 5) is 59.2. The third-order valence-corrected chi connectivity index (χ3v) is 4.44. The molecule has 0 radical (unpaired) electrons. The molecule has 11 heteroatoms. The van der Waals surface area contributed by atoms with Crippen LogP contribution in [-0.4, -0.2) is 59.4 Å². The number of carbonyl (C=O) groups is 5. The fourth-order valence-corrected chi connectivity index (χ4v) is 2.89. The third kappa shape index (κ3) is 10.0. The third-order valence-electron chi connectivity index (χ3n) is 4.44. The van der Waals surface area contributed by atoms with E-state index in [0.29, 0.717) is 6.42 Å². The number of primary amides is 1. The Morgan fingerprint density at radius 2 is 1.59 bits per heavy atom. The first-order valence-corrected chi connectivity index (χ1v) is 10.2. The molecule has 0 heterocycles. The van der Waals surface area contributed by atoms with Gasteiger partial charge in [0.05, 0.1) is 19.0 Å². The highest BCUT2D eigenvalue weighted by Gasteiger charge is 2.26. The van der Waals surface area contributed by atoms with E-state index in [0.717, 1.165) is 5.56 Å². The van der Waals surface area contributed by atoms with Crippen LogP contribution in [0, 0.1) is 5.92 Å².